The molecular weight excluding hydrogens is 759 g/mol. The van der Waals surface area contributed by atoms with E-state index in [0.717, 1.165) is 0 Å². The molecule has 0 unspecified atom stereocenters. The van der Waals surface area contributed by atoms with Crippen molar-refractivity contribution in [1.29, 1.82) is 0 Å². The van der Waals surface area contributed by atoms with Gasteiger partial charge in [0.25, 0.3) is 0 Å². The second kappa shape index (κ2) is 19.4. The van der Waals surface area contributed by atoms with Crippen LogP contribution in [0.1, 0.15) is 74.0 Å². The number of nitrogens with one attached hydrogen (secondary N) is 2. The highest BCUT2D eigenvalue weighted by Gasteiger charge is 2.55. The smallest absolute Gasteiger partial charge is 0.339 e. The Hall–Kier alpha value is -5.67. The predicted octanol–water partition coefficient (Wildman–Crippen LogP) is 3.79. The van der Waals surface area contributed by atoms with Crippen molar-refractivity contribution >= 4 is 35.7 Å². The number of esters is 2. The van der Waals surface area contributed by atoms with Gasteiger partial charge in [0.05, 0.1) is 24.3 Å². The van der Waals surface area contributed by atoms with Crippen LogP contribution in [0, 0.1) is 0 Å². The molecule has 0 aromatic heterocycles. The number of rotatable bonds is 15. The largest absolute Gasteiger partial charge is 0.460 e. The van der Waals surface area contributed by atoms with Gasteiger partial charge < -0.3 is 44.7 Å². The number of amides is 3. The fourth-order valence-electron chi connectivity index (χ4n) is 6.75. The fraction of sp³-hybridized carbons (Fsp3) is 0.400. The first-order valence-corrected chi connectivity index (χ1v) is 19.5. The number of nitrogens with zero attached hydrogens (tertiary/aromatic N) is 1. The van der Waals surface area contributed by atoms with Crippen molar-refractivity contribution in [3.8, 4) is 0 Å². The van der Waals surface area contributed by atoms with Gasteiger partial charge >= 0.3 is 11.9 Å². The summed E-state index contributed by atoms with van der Waals surface area (Å²) < 4.78 is 25.1. The third-order valence-corrected chi connectivity index (χ3v) is 9.70. The molecule has 0 saturated carbocycles. The van der Waals surface area contributed by atoms with Gasteiger partial charge in [-0.15, -0.1) is 0 Å². The van der Waals surface area contributed by atoms with Crippen molar-refractivity contribution in [2.24, 2.45) is 0 Å². The molecule has 0 bridgehead atoms. The van der Waals surface area contributed by atoms with Gasteiger partial charge in [-0.1, -0.05) is 78.9 Å². The second-order valence-corrected chi connectivity index (χ2v) is 15.7. The third kappa shape index (κ3) is 11.3. The molecule has 1 fully saturated rings. The lowest BCUT2D eigenvalue weighted by atomic mass is 9.91. The van der Waals surface area contributed by atoms with Gasteiger partial charge in [0.2, 0.25) is 23.5 Å². The van der Waals surface area contributed by atoms with E-state index in [2.05, 4.69) is 10.6 Å². The number of hydrogen-bond acceptors (Lipinski definition) is 11. The molecule has 1 aliphatic heterocycles. The zero-order valence-corrected chi connectivity index (χ0v) is 34.1. The first-order valence-electron chi connectivity index (χ1n) is 19.5. The first kappa shape index (κ1) is 44.4. The summed E-state index contributed by atoms with van der Waals surface area (Å²) in [5.41, 5.74) is 1.29. The Kier molecular flexibility index (Phi) is 14.6. The highest BCUT2D eigenvalue weighted by atomic mass is 16.8. The van der Waals surface area contributed by atoms with Crippen LogP contribution in [0.4, 0.5) is 0 Å². The number of aliphatic hydroxyl groups excluding tert-OH is 2. The molecule has 1 saturated heterocycles. The summed E-state index contributed by atoms with van der Waals surface area (Å²) in [4.78, 5) is 67.6. The number of carbonyl (C=O) groups excluding carboxylic acids is 5. The number of aliphatic hydroxyl groups is 2. The lowest BCUT2D eigenvalue weighted by Crippen LogP contribution is -2.55. The summed E-state index contributed by atoms with van der Waals surface area (Å²) in [6.07, 6.45) is -0.118. The predicted molar refractivity (Wildman–Crippen MR) is 217 cm³/mol. The molecule has 2 aliphatic rings. The molecule has 3 amide bonds. The standard InChI is InChI=1S/C45H53N3O11/c1-28(50)39(42(54)46-33(27-49)22-24-38(52)58-44(2,3)4)47-41(53)30-25-35(56-43(55)34-20-14-13-15-29(34)21-23-37(51)48(5)6)40-36(26-30)57-45(59-40,31-16-9-7-10-17-31)32-18-11-8-12-19-32/h7-21,23,26,28,33,35-36,39-40,49-50H,22,24-25,27H2,1-6H3,(H,46,54)(H,47,53)/t28-,33-,35+,36+,39+,40-/m0/s1. The van der Waals surface area contributed by atoms with E-state index in [0.29, 0.717) is 16.7 Å². The monoisotopic (exact) mass is 811 g/mol. The number of hydrogen-bond donors (Lipinski definition) is 4. The number of likely N-dealkylation sites (N-methyl/N-ethyl adjacent to an activating group) is 1. The molecular formula is C45H53N3O11. The first-order chi connectivity index (χ1) is 28.0. The van der Waals surface area contributed by atoms with Crippen LogP contribution in [0.25, 0.3) is 6.08 Å². The van der Waals surface area contributed by atoms with Crippen LogP contribution in [-0.4, -0.2) is 108 Å². The molecule has 59 heavy (non-hydrogen) atoms. The van der Waals surface area contributed by atoms with Crippen LogP contribution >= 0.6 is 0 Å². The second-order valence-electron chi connectivity index (χ2n) is 15.7. The maximum Gasteiger partial charge on any atom is 0.339 e. The van der Waals surface area contributed by atoms with Crippen molar-refractivity contribution in [1.82, 2.24) is 15.5 Å². The Balaban J connectivity index is 1.44. The van der Waals surface area contributed by atoms with E-state index in [-0.39, 0.29) is 36.3 Å². The van der Waals surface area contributed by atoms with E-state index in [9.17, 15) is 34.2 Å². The zero-order chi connectivity index (χ0) is 42.9. The molecule has 3 aromatic carbocycles. The molecule has 0 radical (unpaired) electrons. The summed E-state index contributed by atoms with van der Waals surface area (Å²) >= 11 is 0. The minimum Gasteiger partial charge on any atom is -0.460 e. The highest BCUT2D eigenvalue weighted by molar-refractivity contribution is 5.99. The van der Waals surface area contributed by atoms with Crippen LogP contribution in [0.3, 0.4) is 0 Å². The van der Waals surface area contributed by atoms with E-state index >= 15 is 0 Å². The Morgan fingerprint density at radius 2 is 1.53 bits per heavy atom. The van der Waals surface area contributed by atoms with Crippen LogP contribution < -0.4 is 10.6 Å². The third-order valence-electron chi connectivity index (χ3n) is 9.70. The molecule has 6 atom stereocenters. The van der Waals surface area contributed by atoms with E-state index in [1.54, 1.807) is 65.2 Å². The van der Waals surface area contributed by atoms with E-state index in [4.69, 9.17) is 18.9 Å². The lowest BCUT2D eigenvalue weighted by molar-refractivity contribution is -0.157. The topological polar surface area (TPSA) is 190 Å². The molecule has 1 aliphatic carbocycles. The van der Waals surface area contributed by atoms with Crippen molar-refractivity contribution in [3.05, 3.63) is 125 Å². The SMILES string of the molecule is C[C@H](O)[C@@H](NC(=O)C1=C[C@H]2OC(c3ccccc3)(c3ccccc3)O[C@H]2[C@H](OC(=O)c2ccccc2C=CC(=O)N(C)C)C1)C(=O)N[C@H](CO)CCC(=O)OC(C)(C)C. The van der Waals surface area contributed by atoms with Crippen LogP contribution in [0.15, 0.2) is 103 Å². The van der Waals surface area contributed by atoms with Gasteiger partial charge in [0.1, 0.15) is 30.0 Å². The summed E-state index contributed by atoms with van der Waals surface area (Å²) in [7, 11) is 3.22. The molecule has 14 heteroatoms. The number of ether oxygens (including phenoxy) is 4. The van der Waals surface area contributed by atoms with Crippen LogP contribution in [-0.2, 0) is 43.9 Å². The highest BCUT2D eigenvalue weighted by Crippen LogP contribution is 2.47. The van der Waals surface area contributed by atoms with Crippen LogP contribution in [0.2, 0.25) is 0 Å². The zero-order valence-electron chi connectivity index (χ0n) is 34.1. The Morgan fingerprint density at radius 1 is 0.915 bits per heavy atom. The van der Waals surface area contributed by atoms with E-state index in [1.165, 1.54) is 24.0 Å². The van der Waals surface area contributed by atoms with Gasteiger partial charge in [0.15, 0.2) is 0 Å². The average molecular weight is 812 g/mol. The molecule has 4 N–H and O–H groups in total. The Labute approximate surface area is 344 Å². The van der Waals surface area contributed by atoms with Gasteiger partial charge in [-0.2, -0.15) is 0 Å². The van der Waals surface area contributed by atoms with Gasteiger partial charge in [-0.25, -0.2) is 4.79 Å². The number of carbonyl (C=O) groups is 5. The number of benzene rings is 3. The van der Waals surface area contributed by atoms with Crippen molar-refractivity contribution in [2.75, 3.05) is 20.7 Å². The summed E-state index contributed by atoms with van der Waals surface area (Å²) in [5, 5.41) is 25.9. The van der Waals surface area contributed by atoms with Crippen LogP contribution in [0.5, 0.6) is 0 Å². The van der Waals surface area contributed by atoms with Gasteiger partial charge in [0, 0.05) is 49.7 Å². The van der Waals surface area contributed by atoms with E-state index < -0.39 is 78.2 Å². The van der Waals surface area contributed by atoms with Gasteiger partial charge in [-0.05, 0) is 57.9 Å². The molecule has 3 aromatic rings. The number of fused-ring (bicyclic) bond motifs is 1. The fourth-order valence-corrected chi connectivity index (χ4v) is 6.75. The maximum atomic E-state index is 14.1. The van der Waals surface area contributed by atoms with Gasteiger partial charge in [-0.3, -0.25) is 19.2 Å². The average Bonchev–Trinajstić information content (AvgIpc) is 3.61. The van der Waals surface area contributed by atoms with Crippen molar-refractivity contribution in [2.45, 2.75) is 94.8 Å². The molecule has 5 rings (SSSR count). The molecule has 14 nitrogen and oxygen atoms in total. The lowest BCUT2D eigenvalue weighted by Gasteiger charge is -2.32. The van der Waals surface area contributed by atoms with E-state index in [1.807, 2.05) is 60.7 Å². The normalized spacial score (nSPS) is 20.0. The minimum absolute atomic E-state index is 0.0473. The Morgan fingerprint density at radius 3 is 2.10 bits per heavy atom. The summed E-state index contributed by atoms with van der Waals surface area (Å²) in [6.45, 7) is 6.00. The summed E-state index contributed by atoms with van der Waals surface area (Å²) in [6, 6.07) is 22.7. The Bertz CT molecular complexity index is 1990. The maximum absolute atomic E-state index is 14.1. The minimum atomic E-state index is -1.48. The van der Waals surface area contributed by atoms with Crippen molar-refractivity contribution < 1.29 is 53.1 Å². The summed E-state index contributed by atoms with van der Waals surface area (Å²) in [5.74, 6) is -4.54. The molecule has 1 heterocycles. The molecule has 0 spiro atoms. The molecule has 314 valence electrons. The van der Waals surface area contributed by atoms with Crippen molar-refractivity contribution in [3.63, 3.8) is 0 Å². The quantitative estimate of drug-likeness (QED) is 0.129.